The van der Waals surface area contributed by atoms with E-state index in [4.69, 9.17) is 0 Å². The highest BCUT2D eigenvalue weighted by Crippen LogP contribution is 2.28. The van der Waals surface area contributed by atoms with Gasteiger partial charge in [-0.2, -0.15) is 0 Å². The second-order valence-electron chi connectivity index (χ2n) is 7.50. The zero-order valence-electron chi connectivity index (χ0n) is 18.2. The first kappa shape index (κ1) is 22.8. The lowest BCUT2D eigenvalue weighted by molar-refractivity contribution is -0.115. The monoisotopic (exact) mass is 473 g/mol. The number of aromatic nitrogens is 1. The van der Waals surface area contributed by atoms with Crippen LogP contribution >= 0.6 is 23.1 Å². The number of carbonyl (C=O) groups excluding carboxylic acids is 2. The van der Waals surface area contributed by atoms with Gasteiger partial charge in [-0.05, 0) is 44.2 Å². The van der Waals surface area contributed by atoms with Gasteiger partial charge in [0.2, 0.25) is 5.91 Å². The number of benzene rings is 3. The van der Waals surface area contributed by atoms with Crippen molar-refractivity contribution in [3.05, 3.63) is 95.4 Å². The van der Waals surface area contributed by atoms with Crippen LogP contribution in [0.1, 0.15) is 22.8 Å². The van der Waals surface area contributed by atoms with Crippen molar-refractivity contribution in [1.29, 1.82) is 0 Å². The zero-order chi connectivity index (χ0) is 23.2. The van der Waals surface area contributed by atoms with Crippen LogP contribution in [0.3, 0.4) is 0 Å². The number of hydrogen-bond acceptors (Lipinski definition) is 5. The summed E-state index contributed by atoms with van der Waals surface area (Å²) in [5.74, 6) is -0.288. The van der Waals surface area contributed by atoms with Crippen LogP contribution in [0.2, 0.25) is 0 Å². The number of thiazole rings is 1. The molecule has 0 radical (unpaired) electrons. The Morgan fingerprint density at radius 3 is 2.45 bits per heavy atom. The lowest BCUT2D eigenvalue weighted by atomic mass is 10.1. The van der Waals surface area contributed by atoms with Crippen molar-refractivity contribution in [2.24, 2.45) is 0 Å². The maximum Gasteiger partial charge on any atom is 0.255 e. The van der Waals surface area contributed by atoms with Gasteiger partial charge in [0.25, 0.3) is 5.91 Å². The third kappa shape index (κ3) is 6.09. The Morgan fingerprint density at radius 1 is 0.939 bits per heavy atom. The van der Waals surface area contributed by atoms with Gasteiger partial charge in [-0.1, -0.05) is 54.1 Å². The topological polar surface area (TPSA) is 71.1 Å². The maximum absolute atomic E-state index is 12.7. The second-order valence-corrected chi connectivity index (χ2v) is 9.77. The second kappa shape index (κ2) is 10.5. The Labute approximate surface area is 201 Å². The summed E-state index contributed by atoms with van der Waals surface area (Å²) in [7, 11) is 0. The van der Waals surface area contributed by atoms with Crippen molar-refractivity contribution < 1.29 is 9.59 Å². The Bertz CT molecular complexity index is 1250. The Kier molecular flexibility index (Phi) is 7.22. The van der Waals surface area contributed by atoms with E-state index in [1.165, 1.54) is 23.1 Å². The van der Waals surface area contributed by atoms with Crippen molar-refractivity contribution >= 4 is 45.7 Å². The van der Waals surface area contributed by atoms with E-state index in [2.05, 4.69) is 15.6 Å². The highest BCUT2D eigenvalue weighted by Gasteiger charge is 2.17. The number of amides is 2. The van der Waals surface area contributed by atoms with Crippen LogP contribution in [0.5, 0.6) is 0 Å². The number of thioether (sulfide) groups is 1. The van der Waals surface area contributed by atoms with Crippen LogP contribution in [0.4, 0.5) is 10.8 Å². The molecule has 0 aliphatic heterocycles. The minimum Gasteiger partial charge on any atom is -0.322 e. The van der Waals surface area contributed by atoms with Gasteiger partial charge in [0.15, 0.2) is 5.13 Å². The molecule has 166 valence electrons. The largest absolute Gasteiger partial charge is 0.322 e. The summed E-state index contributed by atoms with van der Waals surface area (Å²) in [6.45, 7) is 3.83. The lowest BCUT2D eigenvalue weighted by Gasteiger charge is -2.12. The van der Waals surface area contributed by atoms with Crippen LogP contribution in [-0.2, 0) is 4.79 Å². The van der Waals surface area contributed by atoms with Gasteiger partial charge in [-0.3, -0.25) is 9.59 Å². The number of rotatable bonds is 7. The first-order valence-electron chi connectivity index (χ1n) is 10.4. The molecule has 1 atom stereocenters. The van der Waals surface area contributed by atoms with Crippen LogP contribution in [0.25, 0.3) is 11.3 Å². The molecule has 2 N–H and O–H groups in total. The van der Waals surface area contributed by atoms with E-state index in [-0.39, 0.29) is 17.1 Å². The van der Waals surface area contributed by atoms with E-state index in [1.54, 1.807) is 12.1 Å². The quantitative estimate of drug-likeness (QED) is 0.301. The Morgan fingerprint density at radius 2 is 1.70 bits per heavy atom. The van der Waals surface area contributed by atoms with Crippen molar-refractivity contribution in [3.63, 3.8) is 0 Å². The standard InChI is InChI=1S/C26H23N3O2S2/c1-17-11-13-20(14-12-17)25(31)27-21-9-6-10-22(15-21)33-18(2)24(30)29-26-28-23(16-32-26)19-7-4-3-5-8-19/h3-16,18H,1-2H3,(H,27,31)(H,28,29,30). The molecule has 4 aromatic rings. The number of nitrogens with one attached hydrogen (secondary N) is 2. The van der Waals surface area contributed by atoms with E-state index in [0.717, 1.165) is 21.7 Å². The van der Waals surface area contributed by atoms with E-state index in [9.17, 15) is 9.59 Å². The van der Waals surface area contributed by atoms with E-state index in [1.807, 2.05) is 86.0 Å². The SMILES string of the molecule is Cc1ccc(C(=O)Nc2cccc(SC(C)C(=O)Nc3nc(-c4ccccc4)cs3)c2)cc1. The average molecular weight is 474 g/mol. The third-order valence-electron chi connectivity index (χ3n) is 4.89. The average Bonchev–Trinajstić information content (AvgIpc) is 3.29. The molecule has 0 saturated heterocycles. The molecule has 7 heteroatoms. The van der Waals surface area contributed by atoms with E-state index < -0.39 is 0 Å². The number of hydrogen-bond donors (Lipinski definition) is 2. The molecule has 3 aromatic carbocycles. The van der Waals surface area contributed by atoms with Crippen molar-refractivity contribution in [2.45, 2.75) is 24.0 Å². The summed E-state index contributed by atoms with van der Waals surface area (Å²) in [6.07, 6.45) is 0. The number of aryl methyl sites for hydroxylation is 1. The predicted octanol–water partition coefficient (Wildman–Crippen LogP) is 6.49. The highest BCUT2D eigenvalue weighted by atomic mass is 32.2. The molecule has 5 nitrogen and oxygen atoms in total. The molecular formula is C26H23N3O2S2. The molecule has 0 aliphatic carbocycles. The molecule has 4 rings (SSSR count). The summed E-state index contributed by atoms with van der Waals surface area (Å²) in [5, 5.41) is 7.99. The molecule has 1 unspecified atom stereocenters. The van der Waals surface area contributed by atoms with Gasteiger partial charge >= 0.3 is 0 Å². The fourth-order valence-corrected chi connectivity index (χ4v) is 4.74. The van der Waals surface area contributed by atoms with Crippen molar-refractivity contribution in [1.82, 2.24) is 4.98 Å². The minimum absolute atomic E-state index is 0.122. The molecule has 0 fully saturated rings. The number of anilines is 2. The van der Waals surface area contributed by atoms with Gasteiger partial charge in [0, 0.05) is 27.1 Å². The normalized spacial score (nSPS) is 11.6. The zero-order valence-corrected chi connectivity index (χ0v) is 19.9. The van der Waals surface area contributed by atoms with E-state index in [0.29, 0.717) is 16.4 Å². The molecule has 0 bridgehead atoms. The molecule has 33 heavy (non-hydrogen) atoms. The van der Waals surface area contributed by atoms with Crippen LogP contribution < -0.4 is 10.6 Å². The van der Waals surface area contributed by atoms with Gasteiger partial charge in [-0.25, -0.2) is 4.98 Å². The summed E-state index contributed by atoms with van der Waals surface area (Å²) in [4.78, 5) is 30.6. The molecule has 0 saturated carbocycles. The predicted molar refractivity (Wildman–Crippen MR) is 137 cm³/mol. The third-order valence-corrected chi connectivity index (χ3v) is 6.74. The molecule has 1 heterocycles. The van der Waals surface area contributed by atoms with Gasteiger partial charge < -0.3 is 10.6 Å². The highest BCUT2D eigenvalue weighted by molar-refractivity contribution is 8.00. The lowest BCUT2D eigenvalue weighted by Crippen LogP contribution is -2.22. The number of nitrogens with zero attached hydrogens (tertiary/aromatic N) is 1. The smallest absolute Gasteiger partial charge is 0.255 e. The first-order chi connectivity index (χ1) is 16.0. The fraction of sp³-hybridized carbons (Fsp3) is 0.115. The van der Waals surface area contributed by atoms with Crippen LogP contribution in [-0.4, -0.2) is 22.0 Å². The minimum atomic E-state index is -0.336. The fourth-order valence-electron chi connectivity index (χ4n) is 3.09. The molecule has 1 aromatic heterocycles. The summed E-state index contributed by atoms with van der Waals surface area (Å²) >= 11 is 2.83. The summed E-state index contributed by atoms with van der Waals surface area (Å²) in [6, 6.07) is 24.8. The van der Waals surface area contributed by atoms with Crippen LogP contribution in [0, 0.1) is 6.92 Å². The van der Waals surface area contributed by atoms with Gasteiger partial charge in [-0.15, -0.1) is 23.1 Å². The van der Waals surface area contributed by atoms with Crippen LogP contribution in [0.15, 0.2) is 89.1 Å². The number of carbonyl (C=O) groups is 2. The van der Waals surface area contributed by atoms with Crippen molar-refractivity contribution in [3.8, 4) is 11.3 Å². The van der Waals surface area contributed by atoms with Gasteiger partial charge in [0.1, 0.15) is 0 Å². The molecule has 0 aliphatic rings. The van der Waals surface area contributed by atoms with Gasteiger partial charge in [0.05, 0.1) is 10.9 Å². The van der Waals surface area contributed by atoms with E-state index >= 15 is 0 Å². The first-order valence-corrected chi connectivity index (χ1v) is 12.2. The maximum atomic E-state index is 12.7. The molecule has 2 amide bonds. The summed E-state index contributed by atoms with van der Waals surface area (Å²) < 4.78 is 0. The Balaban J connectivity index is 1.36. The molecular weight excluding hydrogens is 450 g/mol. The molecule has 0 spiro atoms. The van der Waals surface area contributed by atoms with Crippen molar-refractivity contribution in [2.75, 3.05) is 10.6 Å². The summed E-state index contributed by atoms with van der Waals surface area (Å²) in [5.41, 5.74) is 4.25. The Hall–Kier alpha value is -3.42.